The number of aromatic amines is 1. The van der Waals surface area contributed by atoms with Crippen LogP contribution in [-0.2, 0) is 4.79 Å². The molecule has 0 radical (unpaired) electrons. The molecule has 1 saturated heterocycles. The Balaban J connectivity index is 1.87. The number of nitrogens with two attached hydrogens (primary N) is 1. The lowest BCUT2D eigenvalue weighted by molar-refractivity contribution is -0.124. The number of benzene rings is 2. The van der Waals surface area contributed by atoms with Crippen LogP contribution in [0.25, 0.3) is 21.8 Å². The number of hydrogen-bond acceptors (Lipinski definition) is 4. The van der Waals surface area contributed by atoms with Gasteiger partial charge in [-0.15, -0.1) is 0 Å². The molecule has 4 N–H and O–H groups in total. The maximum absolute atomic E-state index is 13.3. The Labute approximate surface area is 155 Å². The first-order valence-electron chi connectivity index (χ1n) is 8.83. The number of nitrogens with one attached hydrogen (secondary N) is 2. The normalized spacial score (nSPS) is 19.6. The number of hydrogen-bond donors (Lipinski definition) is 3. The van der Waals surface area contributed by atoms with Crippen LogP contribution in [-0.4, -0.2) is 47.4 Å². The van der Waals surface area contributed by atoms with E-state index in [2.05, 4.69) is 10.3 Å². The number of nitrogens with zero attached hydrogens (tertiary/aromatic N) is 1. The van der Waals surface area contributed by atoms with Crippen LogP contribution in [0.5, 0.6) is 0 Å². The van der Waals surface area contributed by atoms with E-state index in [1.165, 1.54) is 11.9 Å². The van der Waals surface area contributed by atoms with E-state index in [0.29, 0.717) is 40.3 Å². The highest BCUT2D eigenvalue weighted by atomic mass is 16.2. The van der Waals surface area contributed by atoms with E-state index >= 15 is 0 Å². The van der Waals surface area contributed by atoms with Gasteiger partial charge >= 0.3 is 0 Å². The third-order valence-corrected chi connectivity index (χ3v) is 5.11. The second kappa shape index (κ2) is 6.51. The first-order chi connectivity index (χ1) is 13.0. The number of fused-ring (bicyclic) bond motifs is 2. The van der Waals surface area contributed by atoms with Crippen LogP contribution in [0.3, 0.4) is 0 Å². The van der Waals surface area contributed by atoms with Crippen LogP contribution in [0.4, 0.5) is 0 Å². The summed E-state index contributed by atoms with van der Waals surface area (Å²) < 4.78 is 0. The number of likely N-dealkylation sites (tertiary alicyclic amines) is 1. The lowest BCUT2D eigenvalue weighted by Gasteiger charge is -2.23. The predicted molar refractivity (Wildman–Crippen MR) is 104 cm³/mol. The molecule has 2 heterocycles. The number of aromatic nitrogens is 1. The summed E-state index contributed by atoms with van der Waals surface area (Å²) in [6.45, 7) is 0.297. The van der Waals surface area contributed by atoms with E-state index in [0.717, 1.165) is 0 Å². The molecule has 27 heavy (non-hydrogen) atoms. The fourth-order valence-electron chi connectivity index (χ4n) is 3.79. The van der Waals surface area contributed by atoms with E-state index in [4.69, 9.17) is 5.73 Å². The van der Waals surface area contributed by atoms with Crippen molar-refractivity contribution in [3.05, 3.63) is 58.3 Å². The van der Waals surface area contributed by atoms with Crippen molar-refractivity contribution in [2.75, 3.05) is 13.6 Å². The number of carbonyl (C=O) groups excluding carboxylic acids is 2. The molecule has 1 aliphatic heterocycles. The molecule has 0 aliphatic carbocycles. The molecule has 7 nitrogen and oxygen atoms in total. The zero-order chi connectivity index (χ0) is 19.1. The minimum Gasteiger partial charge on any atom is -0.357 e. The number of pyridine rings is 1. The summed E-state index contributed by atoms with van der Waals surface area (Å²) in [5.74, 6) is -0.552. The highest BCUT2D eigenvalue weighted by Gasteiger charge is 2.38. The van der Waals surface area contributed by atoms with Gasteiger partial charge in [-0.2, -0.15) is 0 Å². The van der Waals surface area contributed by atoms with Gasteiger partial charge in [-0.1, -0.05) is 18.2 Å². The third kappa shape index (κ3) is 2.76. The van der Waals surface area contributed by atoms with Crippen molar-refractivity contribution in [3.63, 3.8) is 0 Å². The zero-order valence-corrected chi connectivity index (χ0v) is 14.9. The summed E-state index contributed by atoms with van der Waals surface area (Å²) >= 11 is 0. The molecule has 7 heteroatoms. The Morgan fingerprint density at radius 1 is 1.15 bits per heavy atom. The zero-order valence-electron chi connectivity index (χ0n) is 14.9. The molecule has 4 rings (SSSR count). The average Bonchev–Trinajstić information content (AvgIpc) is 3.08. The third-order valence-electron chi connectivity index (χ3n) is 5.11. The SMILES string of the molecule is CNC(=O)[C@@H]1C[C@@H](N)CN1C(=O)c1cccc2c(=O)c3ccccc3[nH]c12. The van der Waals surface area contributed by atoms with Gasteiger partial charge in [0.05, 0.1) is 11.1 Å². The minimum absolute atomic E-state index is 0.130. The predicted octanol–water partition coefficient (Wildman–Crippen LogP) is 0.969. The molecular formula is C20H20N4O3. The number of para-hydroxylation sites is 2. The van der Waals surface area contributed by atoms with Crippen LogP contribution >= 0.6 is 0 Å². The highest BCUT2D eigenvalue weighted by Crippen LogP contribution is 2.24. The lowest BCUT2D eigenvalue weighted by atomic mass is 10.0. The average molecular weight is 364 g/mol. The number of likely N-dealkylation sites (N-methyl/N-ethyl adjacent to an activating group) is 1. The Morgan fingerprint density at radius 2 is 1.89 bits per heavy atom. The van der Waals surface area contributed by atoms with Gasteiger partial charge in [0, 0.05) is 35.9 Å². The molecule has 0 unspecified atom stereocenters. The first-order valence-corrected chi connectivity index (χ1v) is 8.83. The Morgan fingerprint density at radius 3 is 2.67 bits per heavy atom. The topological polar surface area (TPSA) is 108 Å². The summed E-state index contributed by atoms with van der Waals surface area (Å²) in [4.78, 5) is 43.0. The van der Waals surface area contributed by atoms with Crippen molar-refractivity contribution in [2.45, 2.75) is 18.5 Å². The van der Waals surface area contributed by atoms with Gasteiger partial charge in [-0.3, -0.25) is 14.4 Å². The molecular weight excluding hydrogens is 344 g/mol. The van der Waals surface area contributed by atoms with Crippen LogP contribution in [0, 0.1) is 0 Å². The van der Waals surface area contributed by atoms with Crippen molar-refractivity contribution in [2.24, 2.45) is 5.73 Å². The van der Waals surface area contributed by atoms with Crippen molar-refractivity contribution in [1.29, 1.82) is 0 Å². The molecule has 0 bridgehead atoms. The molecule has 2 aromatic carbocycles. The van der Waals surface area contributed by atoms with Crippen LogP contribution in [0.1, 0.15) is 16.8 Å². The molecule has 138 valence electrons. The summed E-state index contributed by atoms with van der Waals surface area (Å²) in [7, 11) is 1.54. The van der Waals surface area contributed by atoms with Gasteiger partial charge in [-0.25, -0.2) is 0 Å². The number of H-pyrrole nitrogens is 1. The fourth-order valence-corrected chi connectivity index (χ4v) is 3.79. The van der Waals surface area contributed by atoms with Gasteiger partial charge < -0.3 is 20.9 Å². The molecule has 0 spiro atoms. The van der Waals surface area contributed by atoms with Gasteiger partial charge in [-0.05, 0) is 30.7 Å². The number of amides is 2. The van der Waals surface area contributed by atoms with E-state index in [1.54, 1.807) is 36.4 Å². The molecule has 1 aliphatic rings. The molecule has 2 atom stereocenters. The van der Waals surface area contributed by atoms with E-state index in [-0.39, 0.29) is 23.3 Å². The van der Waals surface area contributed by atoms with E-state index < -0.39 is 6.04 Å². The smallest absolute Gasteiger partial charge is 0.256 e. The molecule has 0 saturated carbocycles. The Kier molecular flexibility index (Phi) is 4.16. The number of carbonyl (C=O) groups is 2. The highest BCUT2D eigenvalue weighted by molar-refractivity contribution is 6.08. The summed E-state index contributed by atoms with van der Waals surface area (Å²) in [6, 6.07) is 11.4. The summed E-state index contributed by atoms with van der Waals surface area (Å²) in [6.07, 6.45) is 0.412. The molecule has 1 aromatic heterocycles. The second-order valence-electron chi connectivity index (χ2n) is 6.81. The minimum atomic E-state index is -0.611. The Bertz CT molecular complexity index is 1120. The van der Waals surface area contributed by atoms with Gasteiger partial charge in [0.15, 0.2) is 5.43 Å². The Hall–Kier alpha value is -3.19. The van der Waals surface area contributed by atoms with Crippen molar-refractivity contribution < 1.29 is 9.59 Å². The summed E-state index contributed by atoms with van der Waals surface area (Å²) in [5, 5.41) is 3.60. The van der Waals surface area contributed by atoms with E-state index in [9.17, 15) is 14.4 Å². The van der Waals surface area contributed by atoms with Crippen LogP contribution in [0.15, 0.2) is 47.3 Å². The quantitative estimate of drug-likeness (QED) is 0.589. The molecule has 1 fully saturated rings. The monoisotopic (exact) mass is 364 g/mol. The van der Waals surface area contributed by atoms with Gasteiger partial charge in [0.2, 0.25) is 5.91 Å². The fraction of sp³-hybridized carbons (Fsp3) is 0.250. The maximum Gasteiger partial charge on any atom is 0.256 e. The molecule has 3 aromatic rings. The van der Waals surface area contributed by atoms with Gasteiger partial charge in [0.1, 0.15) is 6.04 Å². The largest absolute Gasteiger partial charge is 0.357 e. The summed E-state index contributed by atoms with van der Waals surface area (Å²) in [5.41, 5.74) is 7.37. The lowest BCUT2D eigenvalue weighted by Crippen LogP contribution is -2.45. The van der Waals surface area contributed by atoms with Crippen molar-refractivity contribution in [1.82, 2.24) is 15.2 Å². The maximum atomic E-state index is 13.3. The second-order valence-corrected chi connectivity index (χ2v) is 6.81. The molecule has 2 amide bonds. The standard InChI is InChI=1S/C20H20N4O3/c1-22-19(26)16-9-11(21)10-24(16)20(27)14-7-4-6-13-17(14)23-15-8-3-2-5-12(15)18(13)25/h2-8,11,16H,9-10,21H2,1H3,(H,22,26)(H,23,25)/t11-,16+/m1/s1. The van der Waals surface area contributed by atoms with Crippen LogP contribution < -0.4 is 16.5 Å². The van der Waals surface area contributed by atoms with E-state index in [1.807, 2.05) is 6.07 Å². The van der Waals surface area contributed by atoms with Gasteiger partial charge in [0.25, 0.3) is 5.91 Å². The van der Waals surface area contributed by atoms with Crippen LogP contribution in [0.2, 0.25) is 0 Å². The van der Waals surface area contributed by atoms with Crippen molar-refractivity contribution >= 4 is 33.6 Å². The number of rotatable bonds is 2. The van der Waals surface area contributed by atoms with Crippen molar-refractivity contribution in [3.8, 4) is 0 Å². The first kappa shape index (κ1) is 17.2.